The van der Waals surface area contributed by atoms with E-state index >= 15 is 0 Å². The Bertz CT molecular complexity index is 1350. The summed E-state index contributed by atoms with van der Waals surface area (Å²) in [6.07, 6.45) is 0. The Morgan fingerprint density at radius 1 is 0.903 bits per heavy atom. The molecule has 0 aliphatic rings. The third kappa shape index (κ3) is 4.26. The van der Waals surface area contributed by atoms with Crippen molar-refractivity contribution >= 4 is 38.7 Å². The Hall–Kier alpha value is -2.97. The second-order valence-electron chi connectivity index (χ2n) is 7.01. The normalized spacial score (nSPS) is 11.3. The number of aromatic nitrogens is 5. The van der Waals surface area contributed by atoms with Crippen molar-refractivity contribution in [3.05, 3.63) is 88.4 Å². The fraction of sp³-hybridized carbons (Fsp3) is 0.130. The first-order chi connectivity index (χ1) is 15.2. The molecular weight excluding hydrogens is 474 g/mol. The molecule has 8 heteroatoms. The number of hydrogen-bond donors (Lipinski definition) is 0. The van der Waals surface area contributed by atoms with Crippen molar-refractivity contribution in [3.8, 4) is 11.6 Å². The molecule has 0 fully saturated rings. The summed E-state index contributed by atoms with van der Waals surface area (Å²) in [7, 11) is 0. The monoisotopic (exact) mass is 491 g/mol. The van der Waals surface area contributed by atoms with Gasteiger partial charge in [0.15, 0.2) is 15.6 Å². The van der Waals surface area contributed by atoms with Gasteiger partial charge in [0.25, 0.3) is 0 Å². The van der Waals surface area contributed by atoms with Crippen LogP contribution in [0.3, 0.4) is 0 Å². The number of benzene rings is 2. The molecule has 0 aliphatic carbocycles. The van der Waals surface area contributed by atoms with Crippen LogP contribution in [0.25, 0.3) is 22.6 Å². The number of halogens is 1. The highest BCUT2D eigenvalue weighted by molar-refractivity contribution is 9.10. The highest BCUT2D eigenvalue weighted by atomic mass is 79.9. The van der Waals surface area contributed by atoms with Crippen molar-refractivity contribution < 1.29 is 4.42 Å². The van der Waals surface area contributed by atoms with Gasteiger partial charge in [-0.25, -0.2) is 9.97 Å². The third-order valence-electron chi connectivity index (χ3n) is 4.87. The number of thioether (sulfide) groups is 1. The number of para-hydroxylation sites is 2. The van der Waals surface area contributed by atoms with E-state index in [0.717, 1.165) is 33.1 Å². The van der Waals surface area contributed by atoms with Gasteiger partial charge in [-0.15, -0.1) is 10.2 Å². The largest absolute Gasteiger partial charge is 0.446 e. The first kappa shape index (κ1) is 20.0. The van der Waals surface area contributed by atoms with Gasteiger partial charge < -0.3 is 4.42 Å². The lowest BCUT2D eigenvalue weighted by atomic mass is 10.2. The van der Waals surface area contributed by atoms with E-state index in [1.165, 1.54) is 0 Å². The maximum absolute atomic E-state index is 5.75. The molecule has 0 atom stereocenters. The van der Waals surface area contributed by atoms with Crippen molar-refractivity contribution in [2.24, 2.45) is 0 Å². The summed E-state index contributed by atoms with van der Waals surface area (Å²) in [6, 6.07) is 21.9. The van der Waals surface area contributed by atoms with Crippen LogP contribution in [0.5, 0.6) is 0 Å². The van der Waals surface area contributed by atoms with Gasteiger partial charge in [-0.2, -0.15) is 0 Å². The highest BCUT2D eigenvalue weighted by Gasteiger charge is 2.18. The molecule has 0 aliphatic heterocycles. The summed E-state index contributed by atoms with van der Waals surface area (Å²) >= 11 is 4.97. The number of rotatable bonds is 6. The van der Waals surface area contributed by atoms with Crippen molar-refractivity contribution in [1.29, 1.82) is 0 Å². The predicted molar refractivity (Wildman–Crippen MR) is 125 cm³/mol. The van der Waals surface area contributed by atoms with Crippen LogP contribution in [-0.2, 0) is 12.3 Å². The molecular formula is C23H18BrN5OS. The maximum Gasteiger partial charge on any atom is 0.200 e. The molecule has 5 rings (SSSR count). The van der Waals surface area contributed by atoms with Crippen LogP contribution < -0.4 is 0 Å². The second kappa shape index (κ2) is 8.64. The third-order valence-corrected chi connectivity index (χ3v) is 6.28. The molecule has 0 amide bonds. The van der Waals surface area contributed by atoms with Gasteiger partial charge in [0.05, 0.1) is 29.0 Å². The lowest BCUT2D eigenvalue weighted by molar-refractivity contribution is 0.545. The van der Waals surface area contributed by atoms with Gasteiger partial charge in [-0.05, 0) is 52.7 Å². The van der Waals surface area contributed by atoms with Gasteiger partial charge in [-0.1, -0.05) is 54.2 Å². The molecule has 0 unspecified atom stereocenters. The van der Waals surface area contributed by atoms with Crippen LogP contribution in [0.15, 0.2) is 81.0 Å². The molecule has 2 aromatic carbocycles. The number of furan rings is 1. The van der Waals surface area contributed by atoms with Crippen LogP contribution >= 0.6 is 27.7 Å². The average molecular weight is 492 g/mol. The van der Waals surface area contributed by atoms with Gasteiger partial charge in [0, 0.05) is 5.75 Å². The van der Waals surface area contributed by atoms with E-state index in [0.29, 0.717) is 28.6 Å². The summed E-state index contributed by atoms with van der Waals surface area (Å²) < 4.78 is 8.49. The van der Waals surface area contributed by atoms with E-state index in [1.54, 1.807) is 11.8 Å². The van der Waals surface area contributed by atoms with Crippen LogP contribution in [0.4, 0.5) is 0 Å². The molecule has 6 nitrogen and oxygen atoms in total. The molecule has 31 heavy (non-hydrogen) atoms. The van der Waals surface area contributed by atoms with E-state index in [2.05, 4.69) is 42.8 Å². The molecule has 0 N–H and O–H groups in total. The second-order valence-corrected chi connectivity index (χ2v) is 8.74. The lowest BCUT2D eigenvalue weighted by Crippen LogP contribution is -2.04. The standard InChI is InChI=1S/C23H18BrN5OS/c1-15-19(26-18-10-6-5-9-17(18)25-15)14-31-23-28-27-22(20-11-12-21(24)30-20)29(23)13-16-7-3-2-4-8-16/h2-12H,13-14H2,1H3. The van der Waals surface area contributed by atoms with Gasteiger partial charge in [0.2, 0.25) is 5.82 Å². The maximum atomic E-state index is 5.75. The minimum Gasteiger partial charge on any atom is -0.446 e. The van der Waals surface area contributed by atoms with Crippen molar-refractivity contribution in [2.45, 2.75) is 24.4 Å². The van der Waals surface area contributed by atoms with Crippen LogP contribution in [0.1, 0.15) is 17.0 Å². The number of fused-ring (bicyclic) bond motifs is 1. The molecule has 0 radical (unpaired) electrons. The Kier molecular flexibility index (Phi) is 5.57. The molecule has 0 bridgehead atoms. The van der Waals surface area contributed by atoms with Crippen molar-refractivity contribution in [3.63, 3.8) is 0 Å². The molecule has 5 aromatic rings. The zero-order chi connectivity index (χ0) is 21.2. The average Bonchev–Trinajstić information content (AvgIpc) is 3.39. The van der Waals surface area contributed by atoms with E-state index in [4.69, 9.17) is 14.4 Å². The summed E-state index contributed by atoms with van der Waals surface area (Å²) in [5.41, 5.74) is 4.84. The number of hydrogen-bond acceptors (Lipinski definition) is 6. The summed E-state index contributed by atoms with van der Waals surface area (Å²) in [6.45, 7) is 2.64. The molecule has 154 valence electrons. The minimum atomic E-state index is 0.645. The number of nitrogens with zero attached hydrogens (tertiary/aromatic N) is 5. The van der Waals surface area contributed by atoms with E-state index < -0.39 is 0 Å². The molecule has 0 spiro atoms. The van der Waals surface area contributed by atoms with Crippen LogP contribution in [-0.4, -0.2) is 24.7 Å². The summed E-state index contributed by atoms with van der Waals surface area (Å²) in [4.78, 5) is 9.50. The summed E-state index contributed by atoms with van der Waals surface area (Å²) in [5.74, 6) is 2.01. The van der Waals surface area contributed by atoms with Crippen molar-refractivity contribution in [1.82, 2.24) is 24.7 Å². The molecule has 0 saturated carbocycles. The SMILES string of the molecule is Cc1nc2ccccc2nc1CSc1nnc(-c2ccc(Br)o2)n1Cc1ccccc1. The van der Waals surface area contributed by atoms with Crippen LogP contribution in [0.2, 0.25) is 0 Å². The zero-order valence-corrected chi connectivity index (χ0v) is 19.1. The summed E-state index contributed by atoms with van der Waals surface area (Å²) in [5, 5.41) is 9.69. The minimum absolute atomic E-state index is 0.645. The fourth-order valence-corrected chi connectivity index (χ4v) is 4.57. The molecule has 3 aromatic heterocycles. The van der Waals surface area contributed by atoms with Crippen LogP contribution in [0, 0.1) is 6.92 Å². The lowest BCUT2D eigenvalue weighted by Gasteiger charge is -2.10. The Labute approximate surface area is 191 Å². The smallest absolute Gasteiger partial charge is 0.200 e. The van der Waals surface area contributed by atoms with Crippen molar-refractivity contribution in [2.75, 3.05) is 0 Å². The highest BCUT2D eigenvalue weighted by Crippen LogP contribution is 2.30. The molecule has 3 heterocycles. The van der Waals surface area contributed by atoms with Gasteiger partial charge in [-0.3, -0.25) is 4.57 Å². The van der Waals surface area contributed by atoms with E-state index in [1.807, 2.05) is 61.5 Å². The first-order valence-electron chi connectivity index (χ1n) is 9.75. The molecule has 0 saturated heterocycles. The first-order valence-corrected chi connectivity index (χ1v) is 11.5. The number of aryl methyl sites for hydroxylation is 1. The fourth-order valence-electron chi connectivity index (χ4n) is 3.32. The van der Waals surface area contributed by atoms with E-state index in [9.17, 15) is 0 Å². The van der Waals surface area contributed by atoms with Gasteiger partial charge >= 0.3 is 0 Å². The zero-order valence-electron chi connectivity index (χ0n) is 16.7. The quantitative estimate of drug-likeness (QED) is 0.275. The van der Waals surface area contributed by atoms with Gasteiger partial charge in [0.1, 0.15) is 0 Å². The predicted octanol–water partition coefficient (Wildman–Crippen LogP) is 5.89. The van der Waals surface area contributed by atoms with E-state index in [-0.39, 0.29) is 0 Å². The Balaban J connectivity index is 1.47. The topological polar surface area (TPSA) is 69.6 Å². The Morgan fingerprint density at radius 2 is 1.65 bits per heavy atom. The Morgan fingerprint density at radius 3 is 2.39 bits per heavy atom.